The molecule has 3 N–H and O–H groups in total. The Hall–Kier alpha value is -5.19. The molecule has 1 amide bonds. The monoisotopic (exact) mass is 1230 g/mol. The number of carboxylic acid groups (broad SMARTS) is 1. The van der Waals surface area contributed by atoms with Gasteiger partial charge in [-0.15, -0.1) is 23.1 Å². The number of hydrogen-bond acceptors (Lipinski definition) is 15. The SMILES string of the molecule is C#CCOc1cc(-n2nc(C(C)(C)C)oc2=O)c(Cl)cc1Cl.CCc1cccc(C)c1N(C(=O)CCl)C(C)COC.CS(=O)(=O)c1cc(C(F)(F)F)ccc1C(=O)c1cnoc1C1CC1.C[S+](C)C.O=C(O)CNCP(=O)([O-])O. The average molecular weight is 1230 g/mol. The molecule has 1 saturated carbocycles. The van der Waals surface area contributed by atoms with E-state index in [2.05, 4.69) is 47.9 Å². The Morgan fingerprint density at radius 1 is 1.09 bits per heavy atom. The number of amides is 1. The summed E-state index contributed by atoms with van der Waals surface area (Å²) in [6.45, 7) is 11.8. The molecule has 2 unspecified atom stereocenters. The molecule has 19 nitrogen and oxygen atoms in total. The first kappa shape index (κ1) is 69.9. The maximum Gasteiger partial charge on any atom is 0.442 e. The number of halogens is 6. The molecule has 0 spiro atoms. The topological polar surface area (TPSA) is 274 Å². The number of carbonyl (C=O) groups is 3. The summed E-state index contributed by atoms with van der Waals surface area (Å²) >= 11 is 17.9. The zero-order chi connectivity index (χ0) is 60.4. The number of carboxylic acids is 1. The van der Waals surface area contributed by atoms with Gasteiger partial charge in [0, 0.05) is 36.3 Å². The number of methoxy groups -OCH3 is 1. The third-order valence-corrected chi connectivity index (χ3v) is 12.8. The third-order valence-electron chi connectivity index (χ3n) is 10.2. The van der Waals surface area contributed by atoms with Crippen molar-refractivity contribution in [2.45, 2.75) is 89.3 Å². The molecular formula is C51H64Cl3F3N5O14PS2. The maximum absolute atomic E-state index is 12.8. The number of alkyl halides is 4. The molecule has 0 radical (unpaired) electrons. The second kappa shape index (κ2) is 31.1. The number of nitrogens with one attached hydrogen (secondary N) is 1. The van der Waals surface area contributed by atoms with Crippen LogP contribution in [0.15, 0.2) is 73.4 Å². The number of anilines is 1. The fraction of sp³-hybridized carbons (Fsp3) is 0.451. The normalized spacial score (nSPS) is 13.3. The molecule has 0 aliphatic heterocycles. The van der Waals surface area contributed by atoms with Gasteiger partial charge in [0.25, 0.3) is 0 Å². The molecule has 6 rings (SSSR count). The van der Waals surface area contributed by atoms with Gasteiger partial charge in [-0.1, -0.05) is 80.2 Å². The van der Waals surface area contributed by atoms with Crippen molar-refractivity contribution in [1.29, 1.82) is 0 Å². The molecule has 28 heteroatoms. The molecule has 1 fully saturated rings. The number of ketones is 1. The summed E-state index contributed by atoms with van der Waals surface area (Å²) in [4.78, 5) is 65.7. The highest BCUT2D eigenvalue weighted by Gasteiger charge is 2.36. The molecular weight excluding hydrogens is 1170 g/mol. The molecule has 1 aliphatic rings. The van der Waals surface area contributed by atoms with E-state index in [0.717, 1.165) is 53.1 Å². The van der Waals surface area contributed by atoms with Crippen LogP contribution in [0.4, 0.5) is 18.9 Å². The number of sulfone groups is 1. The third kappa shape index (κ3) is 22.7. The highest BCUT2D eigenvalue weighted by Crippen LogP contribution is 2.43. The summed E-state index contributed by atoms with van der Waals surface area (Å²) in [6, 6.07) is 11.0. The molecule has 436 valence electrons. The number of benzene rings is 3. The standard InChI is InChI=1S/C15H14Cl2N2O3.C15H22ClNO2.C15H12F3NO4S.C3H8NO5P.C3H9S/c1-5-6-21-12-8-11(9(16)7-10(12)17)19-14(20)22-13(18-19)15(2,3)4;1-5-13-8-6-7-11(2)15(13)17(14(18)9-16)12(3)10-19-4;1-24(21,22)12-6-9(15(16,17)18)4-5-10(12)13(20)11-7-19-23-14(11)8-2-3-8;5-3(6)1-4-2-10(7,8)9;1-4(2)3/h1,7-8H,6H2,2-4H3;6-8,12H,5,9-10H2,1-4H3;4-8H,2-3H2,1H3;4H,1-2H2,(H,5,6)(H2,7,8,9);1-3H3/q;;;;+1/p-1. The van der Waals surface area contributed by atoms with Crippen LogP contribution in [0.5, 0.6) is 5.75 Å². The number of para-hydroxylation sites is 1. The van der Waals surface area contributed by atoms with Gasteiger partial charge in [-0.3, -0.25) is 19.7 Å². The Morgan fingerprint density at radius 3 is 2.19 bits per heavy atom. The molecule has 1 aliphatic carbocycles. The fourth-order valence-corrected chi connectivity index (χ4v) is 8.61. The van der Waals surface area contributed by atoms with E-state index in [-0.39, 0.29) is 51.5 Å². The predicted octanol–water partition coefficient (Wildman–Crippen LogP) is 8.47. The molecule has 3 aromatic carbocycles. The van der Waals surface area contributed by atoms with Crippen LogP contribution in [0, 0.1) is 19.3 Å². The van der Waals surface area contributed by atoms with Crippen LogP contribution in [0.3, 0.4) is 0 Å². The minimum absolute atomic E-state index is 0.0223. The van der Waals surface area contributed by atoms with Crippen molar-refractivity contribution in [1.82, 2.24) is 20.3 Å². The Balaban J connectivity index is 0.000000364. The van der Waals surface area contributed by atoms with Crippen LogP contribution in [0.1, 0.15) is 97.6 Å². The summed E-state index contributed by atoms with van der Waals surface area (Å²) in [5.74, 6) is 0.699. The van der Waals surface area contributed by atoms with E-state index in [9.17, 15) is 50.2 Å². The maximum atomic E-state index is 12.8. The summed E-state index contributed by atoms with van der Waals surface area (Å²) < 4.78 is 94.0. The van der Waals surface area contributed by atoms with Crippen LogP contribution < -0.4 is 25.6 Å². The van der Waals surface area contributed by atoms with Gasteiger partial charge < -0.3 is 42.8 Å². The van der Waals surface area contributed by atoms with Crippen LogP contribution in [0.2, 0.25) is 10.0 Å². The molecule has 0 bridgehead atoms. The molecule has 2 heterocycles. The zero-order valence-corrected chi connectivity index (χ0v) is 50.0. The number of aliphatic carboxylic acids is 1. The summed E-state index contributed by atoms with van der Waals surface area (Å²) in [5.41, 5.74) is 1.74. The van der Waals surface area contributed by atoms with Crippen LogP contribution >= 0.6 is 42.4 Å². The first-order valence-electron chi connectivity index (χ1n) is 23.5. The minimum Gasteiger partial charge on any atom is -0.778 e. The number of rotatable bonds is 17. The first-order valence-corrected chi connectivity index (χ1v) is 30.9. The lowest BCUT2D eigenvalue weighted by atomic mass is 9.97. The number of terminal acetylenes is 1. The van der Waals surface area contributed by atoms with E-state index >= 15 is 0 Å². The molecule has 0 saturated heterocycles. The van der Waals surface area contributed by atoms with Gasteiger partial charge in [-0.05, 0) is 79.4 Å². The Labute approximate surface area is 474 Å². The summed E-state index contributed by atoms with van der Waals surface area (Å²) in [5, 5.41) is 18.2. The van der Waals surface area contributed by atoms with Crippen LogP contribution in [-0.2, 0) is 57.6 Å². The van der Waals surface area contributed by atoms with Gasteiger partial charge in [0.05, 0.1) is 87.9 Å². The summed E-state index contributed by atoms with van der Waals surface area (Å²) in [7, 11) is -6.11. The second-order valence-electron chi connectivity index (χ2n) is 18.7. The van der Waals surface area contributed by atoms with Crippen molar-refractivity contribution in [3.8, 4) is 23.8 Å². The number of carbonyl (C=O) groups excluding carboxylic acids is 2. The van der Waals surface area contributed by atoms with Crippen molar-refractivity contribution in [2.75, 3.05) is 69.0 Å². The van der Waals surface area contributed by atoms with E-state index in [1.165, 1.54) is 18.3 Å². The van der Waals surface area contributed by atoms with Gasteiger partial charge in [0.15, 0.2) is 21.4 Å². The quantitative estimate of drug-likeness (QED) is 0.0259. The van der Waals surface area contributed by atoms with Gasteiger partial charge in [0.2, 0.25) is 11.8 Å². The van der Waals surface area contributed by atoms with Gasteiger partial charge in [-0.25, -0.2) is 13.2 Å². The number of nitrogens with zero attached hydrogens (tertiary/aromatic N) is 4. The molecule has 2 atom stereocenters. The van der Waals surface area contributed by atoms with Gasteiger partial charge in [0.1, 0.15) is 25.8 Å². The largest absolute Gasteiger partial charge is 0.778 e. The lowest BCUT2D eigenvalue weighted by molar-refractivity contribution is -0.193. The van der Waals surface area contributed by atoms with E-state index in [4.69, 9.17) is 69.6 Å². The van der Waals surface area contributed by atoms with Crippen LogP contribution in [0.25, 0.3) is 5.69 Å². The van der Waals surface area contributed by atoms with E-state index in [0.29, 0.717) is 52.7 Å². The Kier molecular flexibility index (Phi) is 27.6. The predicted molar refractivity (Wildman–Crippen MR) is 297 cm³/mol. The van der Waals surface area contributed by atoms with E-state index < -0.39 is 69.8 Å². The number of aromatic nitrogens is 3. The molecule has 79 heavy (non-hydrogen) atoms. The average Bonchev–Trinajstić information content (AvgIpc) is 3.92. The van der Waals surface area contributed by atoms with Gasteiger partial charge >= 0.3 is 17.9 Å². The fourth-order valence-electron chi connectivity index (χ4n) is 6.67. The first-order chi connectivity index (χ1) is 36.5. The van der Waals surface area contributed by atoms with E-state index in [1.54, 1.807) is 12.0 Å². The van der Waals surface area contributed by atoms with Crippen molar-refractivity contribution in [3.63, 3.8) is 0 Å². The highest BCUT2D eigenvalue weighted by atomic mass is 35.5. The van der Waals surface area contributed by atoms with Gasteiger partial charge in [-0.2, -0.15) is 17.9 Å². The number of aryl methyl sites for hydroxylation is 2. The van der Waals surface area contributed by atoms with E-state index in [1.807, 2.05) is 52.1 Å². The van der Waals surface area contributed by atoms with Crippen molar-refractivity contribution < 1.29 is 73.8 Å². The lowest BCUT2D eigenvalue weighted by Gasteiger charge is -2.31. The smallest absolute Gasteiger partial charge is 0.442 e. The Morgan fingerprint density at radius 2 is 1.71 bits per heavy atom. The van der Waals surface area contributed by atoms with Crippen molar-refractivity contribution in [2.24, 2.45) is 0 Å². The molecule has 2 aromatic heterocycles. The molecule has 5 aromatic rings. The van der Waals surface area contributed by atoms with Crippen molar-refractivity contribution in [3.05, 3.63) is 115 Å². The summed E-state index contributed by atoms with van der Waals surface area (Å²) in [6.07, 6.45) is 10.8. The van der Waals surface area contributed by atoms with Crippen molar-refractivity contribution >= 4 is 86.5 Å². The lowest BCUT2D eigenvalue weighted by Crippen LogP contribution is -2.43. The second-order valence-corrected chi connectivity index (χ2v) is 25.8. The Bertz CT molecular complexity index is 3130. The zero-order valence-electron chi connectivity index (χ0n) is 45.2. The number of hydrogen-bond donors (Lipinski definition) is 3. The minimum atomic E-state index is -4.71. The van der Waals surface area contributed by atoms with Crippen LogP contribution in [-0.4, -0.2) is 121 Å². The highest BCUT2D eigenvalue weighted by molar-refractivity contribution is 7.94. The number of ether oxygens (including phenoxy) is 2.